The molecule has 2 aromatic carbocycles. The molecule has 0 bridgehead atoms. The summed E-state index contributed by atoms with van der Waals surface area (Å²) in [5, 5.41) is 6.73. The SMILES string of the molecule is CC(C)(C)C(c1nc(-c2cc(F)ccc2F)nn1Cc1c#cccc1)N(CC1CNCC1F)C(=O)Cl. The molecule has 1 N–H and O–H groups in total. The number of amides is 1. The average Bonchev–Trinajstić information content (AvgIpc) is 3.40. The van der Waals surface area contributed by atoms with Gasteiger partial charge in [-0.2, -0.15) is 5.10 Å². The zero-order valence-corrected chi connectivity index (χ0v) is 21.0. The minimum Gasteiger partial charge on any atom is -0.318 e. The van der Waals surface area contributed by atoms with Crippen LogP contribution in [0.15, 0.2) is 36.4 Å². The molecule has 6 nitrogen and oxygen atoms in total. The van der Waals surface area contributed by atoms with Gasteiger partial charge >= 0.3 is 5.37 Å². The number of benzene rings is 1. The van der Waals surface area contributed by atoms with Gasteiger partial charge in [-0.05, 0) is 47.3 Å². The highest BCUT2D eigenvalue weighted by Gasteiger charge is 2.41. The van der Waals surface area contributed by atoms with Crippen LogP contribution in [0.1, 0.15) is 38.2 Å². The van der Waals surface area contributed by atoms with Crippen molar-refractivity contribution >= 4 is 17.0 Å². The number of rotatable bonds is 7. The van der Waals surface area contributed by atoms with E-state index < -0.39 is 40.5 Å². The predicted octanol–water partition coefficient (Wildman–Crippen LogP) is 5.18. The van der Waals surface area contributed by atoms with E-state index in [2.05, 4.69) is 27.5 Å². The summed E-state index contributed by atoms with van der Waals surface area (Å²) in [5.41, 5.74) is -0.0220. The number of hydrogen-bond donors (Lipinski definition) is 1. The van der Waals surface area contributed by atoms with Crippen molar-refractivity contribution in [2.75, 3.05) is 19.6 Å². The second kappa shape index (κ2) is 10.5. The van der Waals surface area contributed by atoms with E-state index in [9.17, 15) is 18.0 Å². The Balaban J connectivity index is 1.85. The Labute approximate surface area is 213 Å². The Morgan fingerprint density at radius 2 is 2.08 bits per heavy atom. The number of carbonyl (C=O) groups is 1. The highest BCUT2D eigenvalue weighted by Crippen LogP contribution is 2.40. The predicted molar refractivity (Wildman–Crippen MR) is 130 cm³/mol. The summed E-state index contributed by atoms with van der Waals surface area (Å²) in [6.07, 6.45) is -1.13. The zero-order valence-electron chi connectivity index (χ0n) is 20.2. The third kappa shape index (κ3) is 5.66. The Morgan fingerprint density at radius 3 is 2.69 bits per heavy atom. The second-order valence-corrected chi connectivity index (χ2v) is 10.3. The van der Waals surface area contributed by atoms with Crippen LogP contribution in [0.3, 0.4) is 0 Å². The topological polar surface area (TPSA) is 63.1 Å². The molecule has 36 heavy (non-hydrogen) atoms. The van der Waals surface area contributed by atoms with Gasteiger partial charge in [-0.1, -0.05) is 39.0 Å². The molecule has 3 aromatic rings. The van der Waals surface area contributed by atoms with Crippen LogP contribution >= 0.6 is 11.6 Å². The number of aromatic nitrogens is 3. The van der Waals surface area contributed by atoms with Gasteiger partial charge in [0.1, 0.15) is 17.8 Å². The molecule has 1 saturated heterocycles. The Morgan fingerprint density at radius 1 is 1.31 bits per heavy atom. The van der Waals surface area contributed by atoms with E-state index in [0.717, 1.165) is 23.8 Å². The van der Waals surface area contributed by atoms with Crippen LogP contribution in [0.4, 0.5) is 18.0 Å². The van der Waals surface area contributed by atoms with E-state index in [1.807, 2.05) is 26.8 Å². The number of nitrogens with zero attached hydrogens (tertiary/aromatic N) is 4. The highest BCUT2D eigenvalue weighted by atomic mass is 35.5. The van der Waals surface area contributed by atoms with Crippen molar-refractivity contribution in [1.29, 1.82) is 0 Å². The molecular weight excluding hydrogens is 491 g/mol. The standard InChI is InChI=1S/C26H27ClF3N5O/c1-26(2,3)22(34(25(27)36)15-17-12-31-13-21(17)30)24-32-23(19-11-18(28)9-10-20(19)29)33-35(24)14-16-7-5-4-6-8-16/h4-5,7,9-11,17,21-22,31H,12-15H2,1-3H3. The lowest BCUT2D eigenvalue weighted by atomic mass is 9.84. The lowest BCUT2D eigenvalue weighted by Gasteiger charge is -2.39. The third-order valence-corrected chi connectivity index (χ3v) is 6.41. The minimum atomic E-state index is -1.13. The van der Waals surface area contributed by atoms with Crippen molar-refractivity contribution < 1.29 is 18.0 Å². The van der Waals surface area contributed by atoms with Crippen LogP contribution in [0.25, 0.3) is 11.4 Å². The lowest BCUT2D eigenvalue weighted by Crippen LogP contribution is -2.44. The first-order chi connectivity index (χ1) is 17.0. The van der Waals surface area contributed by atoms with E-state index in [4.69, 9.17) is 11.6 Å². The van der Waals surface area contributed by atoms with Crippen LogP contribution < -0.4 is 5.32 Å². The molecule has 1 fully saturated rings. The van der Waals surface area contributed by atoms with Crippen molar-refractivity contribution in [2.24, 2.45) is 11.3 Å². The molecule has 3 atom stereocenters. The average molecular weight is 518 g/mol. The second-order valence-electron chi connectivity index (χ2n) is 10.0. The van der Waals surface area contributed by atoms with Crippen LogP contribution in [0.5, 0.6) is 0 Å². The van der Waals surface area contributed by atoms with Crippen molar-refractivity contribution in [2.45, 2.75) is 39.5 Å². The summed E-state index contributed by atoms with van der Waals surface area (Å²) in [6, 6.07) is 13.5. The van der Waals surface area contributed by atoms with Crippen molar-refractivity contribution in [1.82, 2.24) is 25.0 Å². The van der Waals surface area contributed by atoms with Gasteiger partial charge in [0.15, 0.2) is 11.6 Å². The van der Waals surface area contributed by atoms with Crippen LogP contribution in [0, 0.1) is 35.1 Å². The molecule has 0 spiro atoms. The quantitative estimate of drug-likeness (QED) is 0.346. The van der Waals surface area contributed by atoms with Crippen LogP contribution in [-0.4, -0.2) is 50.8 Å². The van der Waals surface area contributed by atoms with Gasteiger partial charge in [-0.3, -0.25) is 4.79 Å². The Hall–Kier alpha value is -3.09. The molecule has 1 aliphatic heterocycles. The molecule has 10 heteroatoms. The van der Waals surface area contributed by atoms with Crippen molar-refractivity contribution in [3.63, 3.8) is 0 Å². The Kier molecular flexibility index (Phi) is 7.57. The molecule has 1 aliphatic rings. The van der Waals surface area contributed by atoms with E-state index in [1.54, 1.807) is 12.1 Å². The monoisotopic (exact) mass is 517 g/mol. The normalized spacial score (nSPS) is 18.6. The number of halogens is 4. The van der Waals surface area contributed by atoms with Gasteiger partial charge in [-0.15, -0.1) is 0 Å². The summed E-state index contributed by atoms with van der Waals surface area (Å²) in [4.78, 5) is 18.7. The summed E-state index contributed by atoms with van der Waals surface area (Å²) in [5.74, 6) is -1.50. The van der Waals surface area contributed by atoms with E-state index >= 15 is 0 Å². The van der Waals surface area contributed by atoms with E-state index in [-0.39, 0.29) is 31.0 Å². The fraction of sp³-hybridized carbons (Fsp3) is 0.423. The molecule has 0 aliphatic carbocycles. The molecular formula is C26H27ClF3N5O. The van der Waals surface area contributed by atoms with E-state index in [1.165, 1.54) is 9.58 Å². The number of nitrogens with one attached hydrogen (secondary N) is 1. The van der Waals surface area contributed by atoms with Gasteiger partial charge in [-0.25, -0.2) is 22.8 Å². The fourth-order valence-electron chi connectivity index (χ4n) is 4.50. The smallest absolute Gasteiger partial charge is 0.317 e. The first kappa shape index (κ1) is 26.0. The minimum absolute atomic E-state index is 0.0379. The number of alkyl halides is 1. The molecule has 1 amide bonds. The first-order valence-corrected chi connectivity index (χ1v) is 12.0. The van der Waals surface area contributed by atoms with Gasteiger partial charge in [0.2, 0.25) is 0 Å². The molecule has 0 saturated carbocycles. The van der Waals surface area contributed by atoms with Gasteiger partial charge in [0, 0.05) is 31.1 Å². The molecule has 3 unspecified atom stereocenters. The molecule has 1 aromatic heterocycles. The maximum absolute atomic E-state index is 14.7. The maximum atomic E-state index is 14.7. The highest BCUT2D eigenvalue weighted by molar-refractivity contribution is 6.62. The van der Waals surface area contributed by atoms with E-state index in [0.29, 0.717) is 12.4 Å². The lowest BCUT2D eigenvalue weighted by molar-refractivity contribution is 0.0997. The number of hydrogen-bond acceptors (Lipinski definition) is 4. The van der Waals surface area contributed by atoms with Gasteiger partial charge < -0.3 is 10.2 Å². The fourth-order valence-corrected chi connectivity index (χ4v) is 4.67. The van der Waals surface area contributed by atoms with Crippen LogP contribution in [-0.2, 0) is 6.54 Å². The molecule has 190 valence electrons. The molecule has 4 rings (SSSR count). The molecule has 0 radical (unpaired) electrons. The summed E-state index contributed by atoms with van der Waals surface area (Å²) in [7, 11) is 0. The van der Waals surface area contributed by atoms with Crippen molar-refractivity contribution in [3.05, 3.63) is 71.6 Å². The third-order valence-electron chi connectivity index (χ3n) is 6.19. The van der Waals surface area contributed by atoms with Gasteiger partial charge in [0.05, 0.1) is 18.2 Å². The molecule has 2 heterocycles. The summed E-state index contributed by atoms with van der Waals surface area (Å²) < 4.78 is 44.7. The summed E-state index contributed by atoms with van der Waals surface area (Å²) >= 11 is 6.07. The maximum Gasteiger partial charge on any atom is 0.317 e. The number of carbonyl (C=O) groups excluding carboxylic acids is 1. The first-order valence-electron chi connectivity index (χ1n) is 11.6. The van der Waals surface area contributed by atoms with Crippen molar-refractivity contribution in [3.8, 4) is 11.4 Å². The summed E-state index contributed by atoms with van der Waals surface area (Å²) in [6.45, 7) is 6.54. The largest absolute Gasteiger partial charge is 0.318 e. The van der Waals surface area contributed by atoms with Crippen LogP contribution in [0.2, 0.25) is 0 Å². The Bertz CT molecular complexity index is 1210. The zero-order chi connectivity index (χ0) is 26.0. The van der Waals surface area contributed by atoms with Gasteiger partial charge in [0.25, 0.3) is 0 Å².